The minimum atomic E-state index is -4.54. The number of nitrogens with one attached hydrogen (secondary N) is 1. The molecule has 1 aromatic heterocycles. The predicted molar refractivity (Wildman–Crippen MR) is 91.8 cm³/mol. The average Bonchev–Trinajstić information content (AvgIpc) is 2.63. The third-order valence-electron chi connectivity index (χ3n) is 4.45. The lowest BCUT2D eigenvalue weighted by molar-refractivity contribution is -0.137. The number of fused-ring (bicyclic) bond motifs is 1. The lowest BCUT2D eigenvalue weighted by atomic mass is 10.1. The van der Waals surface area contributed by atoms with Gasteiger partial charge in [-0.3, -0.25) is 9.36 Å². The summed E-state index contributed by atoms with van der Waals surface area (Å²) >= 11 is 0. The topological polar surface area (TPSA) is 84.3 Å². The molecule has 146 valence electrons. The highest BCUT2D eigenvalue weighted by molar-refractivity contribution is 7.89. The molecule has 3 rings (SSSR count). The fraction of sp³-hybridized carbons (Fsp3) is 0.375. The summed E-state index contributed by atoms with van der Waals surface area (Å²) in [5, 5.41) is 2.77. The van der Waals surface area contributed by atoms with Crippen LogP contribution in [0.4, 0.5) is 19.1 Å². The minimum absolute atomic E-state index is 0.0478. The SMILES string of the molecule is CNc1nc2c(c(=O)n1C)CCN(S(=O)(=O)c1ccc(C(F)(F)F)cc1)C2. The normalized spacial score (nSPS) is 15.4. The molecule has 0 radical (unpaired) electrons. The van der Waals surface area contributed by atoms with E-state index in [9.17, 15) is 26.4 Å². The zero-order valence-electron chi connectivity index (χ0n) is 14.5. The van der Waals surface area contributed by atoms with Crippen LogP contribution in [0, 0.1) is 0 Å². The van der Waals surface area contributed by atoms with E-state index in [0.29, 0.717) is 17.2 Å². The van der Waals surface area contributed by atoms with E-state index in [0.717, 1.165) is 28.6 Å². The monoisotopic (exact) mass is 402 g/mol. The van der Waals surface area contributed by atoms with E-state index in [1.807, 2.05) is 0 Å². The smallest absolute Gasteiger partial charge is 0.359 e. The third kappa shape index (κ3) is 3.44. The number of halogens is 3. The maximum atomic E-state index is 12.8. The van der Waals surface area contributed by atoms with Crippen LogP contribution < -0.4 is 10.9 Å². The van der Waals surface area contributed by atoms with Gasteiger partial charge in [-0.15, -0.1) is 0 Å². The molecule has 7 nitrogen and oxygen atoms in total. The van der Waals surface area contributed by atoms with Gasteiger partial charge in [-0.1, -0.05) is 0 Å². The van der Waals surface area contributed by atoms with Gasteiger partial charge in [0.15, 0.2) is 0 Å². The maximum absolute atomic E-state index is 12.8. The summed E-state index contributed by atoms with van der Waals surface area (Å²) < 4.78 is 66.0. The highest BCUT2D eigenvalue weighted by Gasteiger charge is 2.33. The number of rotatable bonds is 3. The second-order valence-corrected chi connectivity index (χ2v) is 8.02. The molecule has 0 atom stereocenters. The molecule has 0 amide bonds. The Labute approximate surface area is 153 Å². The summed E-state index contributed by atoms with van der Waals surface area (Å²) in [6.07, 6.45) is -4.36. The van der Waals surface area contributed by atoms with Gasteiger partial charge >= 0.3 is 6.18 Å². The molecule has 1 aliphatic heterocycles. The zero-order chi connectivity index (χ0) is 20.0. The summed E-state index contributed by atoms with van der Waals surface area (Å²) in [6, 6.07) is 3.34. The van der Waals surface area contributed by atoms with Gasteiger partial charge in [0.2, 0.25) is 16.0 Å². The number of hydrogen-bond donors (Lipinski definition) is 1. The van der Waals surface area contributed by atoms with Crippen molar-refractivity contribution in [3.05, 3.63) is 51.4 Å². The van der Waals surface area contributed by atoms with Crippen LogP contribution in [0.2, 0.25) is 0 Å². The molecule has 0 saturated heterocycles. The third-order valence-corrected chi connectivity index (χ3v) is 6.31. The van der Waals surface area contributed by atoms with E-state index in [4.69, 9.17) is 0 Å². The van der Waals surface area contributed by atoms with Crippen LogP contribution in [0.15, 0.2) is 34.0 Å². The van der Waals surface area contributed by atoms with Gasteiger partial charge in [0, 0.05) is 26.2 Å². The molecule has 0 saturated carbocycles. The van der Waals surface area contributed by atoms with E-state index in [-0.39, 0.29) is 30.0 Å². The second kappa shape index (κ2) is 6.64. The Balaban J connectivity index is 1.94. The lowest BCUT2D eigenvalue weighted by Crippen LogP contribution is -2.40. The second-order valence-electron chi connectivity index (χ2n) is 6.09. The molecule has 0 bridgehead atoms. The first-order valence-electron chi connectivity index (χ1n) is 7.99. The van der Waals surface area contributed by atoms with Crippen molar-refractivity contribution in [1.29, 1.82) is 0 Å². The molecule has 0 spiro atoms. The van der Waals surface area contributed by atoms with E-state index in [2.05, 4.69) is 10.3 Å². The summed E-state index contributed by atoms with van der Waals surface area (Å²) in [5.74, 6) is 0.299. The van der Waals surface area contributed by atoms with Crippen LogP contribution in [0.3, 0.4) is 0 Å². The standard InChI is InChI=1S/C16H17F3N4O3S/c1-20-15-21-13-9-23(8-7-12(13)14(24)22(15)2)27(25,26)11-5-3-10(4-6-11)16(17,18)19/h3-6H,7-9H2,1-2H3,(H,20,21). The maximum Gasteiger partial charge on any atom is 0.416 e. The molecule has 11 heteroatoms. The number of sulfonamides is 1. The van der Waals surface area contributed by atoms with E-state index < -0.39 is 21.8 Å². The van der Waals surface area contributed by atoms with Crippen molar-refractivity contribution < 1.29 is 21.6 Å². The molecule has 2 heterocycles. The first-order valence-corrected chi connectivity index (χ1v) is 9.43. The van der Waals surface area contributed by atoms with Crippen molar-refractivity contribution in [3.63, 3.8) is 0 Å². The van der Waals surface area contributed by atoms with E-state index in [1.165, 1.54) is 4.57 Å². The van der Waals surface area contributed by atoms with Crippen LogP contribution >= 0.6 is 0 Å². The van der Waals surface area contributed by atoms with Crippen molar-refractivity contribution in [2.75, 3.05) is 18.9 Å². The van der Waals surface area contributed by atoms with Crippen LogP contribution in [0.1, 0.15) is 16.8 Å². The molecule has 1 aromatic carbocycles. The summed E-state index contributed by atoms with van der Waals surface area (Å²) in [5.41, 5.74) is -0.398. The molecule has 2 aromatic rings. The Morgan fingerprint density at radius 1 is 1.19 bits per heavy atom. The fourth-order valence-electron chi connectivity index (χ4n) is 2.95. The number of alkyl halides is 3. The summed E-state index contributed by atoms with van der Waals surface area (Å²) in [4.78, 5) is 16.4. The highest BCUT2D eigenvalue weighted by atomic mass is 32.2. The zero-order valence-corrected chi connectivity index (χ0v) is 15.4. The van der Waals surface area contributed by atoms with E-state index in [1.54, 1.807) is 14.1 Å². The predicted octanol–water partition coefficient (Wildman–Crippen LogP) is 1.59. The molecule has 0 unspecified atom stereocenters. The molecular formula is C16H17F3N4O3S. The number of benzene rings is 1. The van der Waals surface area contributed by atoms with Crippen molar-refractivity contribution >= 4 is 16.0 Å². The molecule has 27 heavy (non-hydrogen) atoms. The summed E-state index contributed by atoms with van der Waals surface area (Å²) in [7, 11) is -0.860. The van der Waals surface area contributed by atoms with Gasteiger partial charge in [0.25, 0.3) is 5.56 Å². The molecule has 0 fully saturated rings. The Bertz CT molecular complexity index is 1030. The fourth-order valence-corrected chi connectivity index (χ4v) is 4.35. The Morgan fingerprint density at radius 2 is 1.81 bits per heavy atom. The van der Waals surface area contributed by atoms with Crippen molar-refractivity contribution in [2.24, 2.45) is 7.05 Å². The van der Waals surface area contributed by atoms with Crippen LogP contribution in [0.5, 0.6) is 0 Å². The minimum Gasteiger partial charge on any atom is -0.359 e. The van der Waals surface area contributed by atoms with Gasteiger partial charge < -0.3 is 5.32 Å². The van der Waals surface area contributed by atoms with Gasteiger partial charge in [0.05, 0.1) is 22.7 Å². The van der Waals surface area contributed by atoms with Crippen molar-refractivity contribution in [2.45, 2.75) is 24.0 Å². The first kappa shape index (κ1) is 19.4. The number of hydrogen-bond acceptors (Lipinski definition) is 5. The van der Waals surface area contributed by atoms with Gasteiger partial charge in [-0.2, -0.15) is 17.5 Å². The lowest BCUT2D eigenvalue weighted by Gasteiger charge is -2.27. The number of anilines is 1. The highest BCUT2D eigenvalue weighted by Crippen LogP contribution is 2.31. The molecule has 1 aliphatic rings. The summed E-state index contributed by atoms with van der Waals surface area (Å²) in [6.45, 7) is -0.0738. The number of nitrogens with zero attached hydrogens (tertiary/aromatic N) is 3. The van der Waals surface area contributed by atoms with Crippen LogP contribution in [-0.4, -0.2) is 35.9 Å². The Hall–Kier alpha value is -2.40. The van der Waals surface area contributed by atoms with Crippen LogP contribution in [-0.2, 0) is 36.2 Å². The van der Waals surface area contributed by atoms with E-state index >= 15 is 0 Å². The molecule has 0 aliphatic carbocycles. The Morgan fingerprint density at radius 3 is 2.37 bits per heavy atom. The molecular weight excluding hydrogens is 385 g/mol. The number of aromatic nitrogens is 2. The average molecular weight is 402 g/mol. The van der Waals surface area contributed by atoms with Crippen molar-refractivity contribution in [3.8, 4) is 0 Å². The van der Waals surface area contributed by atoms with Crippen LogP contribution in [0.25, 0.3) is 0 Å². The first-order chi connectivity index (χ1) is 12.6. The Kier molecular flexibility index (Phi) is 4.76. The molecule has 1 N–H and O–H groups in total. The van der Waals surface area contributed by atoms with Gasteiger partial charge in [0.1, 0.15) is 0 Å². The van der Waals surface area contributed by atoms with Gasteiger partial charge in [-0.05, 0) is 30.7 Å². The largest absolute Gasteiger partial charge is 0.416 e. The van der Waals surface area contributed by atoms with Crippen molar-refractivity contribution in [1.82, 2.24) is 13.9 Å². The van der Waals surface area contributed by atoms with Gasteiger partial charge in [-0.25, -0.2) is 13.4 Å². The quantitative estimate of drug-likeness (QED) is 0.843.